The van der Waals surface area contributed by atoms with Crippen LogP contribution in [0.2, 0.25) is 0 Å². The van der Waals surface area contributed by atoms with Gasteiger partial charge in [0.2, 0.25) is 5.91 Å². The smallest absolute Gasteiger partial charge is 0.240 e. The first-order valence-electron chi connectivity index (χ1n) is 7.86. The molecule has 0 heterocycles. The lowest BCUT2D eigenvalue weighted by molar-refractivity contribution is -0.121. The molecule has 0 fully saturated rings. The number of hydrogen-bond acceptors (Lipinski definition) is 2. The number of carbonyl (C=O) groups excluding carboxylic acids is 1. The first-order chi connectivity index (χ1) is 9.93. The minimum Gasteiger partial charge on any atom is -0.273 e. The maximum Gasteiger partial charge on any atom is 0.240 e. The summed E-state index contributed by atoms with van der Waals surface area (Å²) in [5, 5.41) is 4.01. The zero-order valence-corrected chi connectivity index (χ0v) is 13.8. The van der Waals surface area contributed by atoms with E-state index in [1.165, 1.54) is 18.4 Å². The van der Waals surface area contributed by atoms with Gasteiger partial charge in [0.1, 0.15) is 0 Å². The van der Waals surface area contributed by atoms with E-state index in [1.54, 1.807) is 6.21 Å². The third-order valence-corrected chi connectivity index (χ3v) is 3.44. The predicted octanol–water partition coefficient (Wildman–Crippen LogP) is 4.40. The molecule has 0 aliphatic carbocycles. The van der Waals surface area contributed by atoms with Crippen molar-refractivity contribution in [2.24, 2.45) is 5.10 Å². The minimum absolute atomic E-state index is 0.00587. The van der Waals surface area contributed by atoms with E-state index in [-0.39, 0.29) is 11.3 Å². The summed E-state index contributed by atoms with van der Waals surface area (Å²) in [7, 11) is 0. The summed E-state index contributed by atoms with van der Waals surface area (Å²) in [5.74, 6) is -0.00587. The van der Waals surface area contributed by atoms with Crippen molar-refractivity contribution in [3.63, 3.8) is 0 Å². The lowest BCUT2D eigenvalue weighted by Crippen LogP contribution is -2.16. The van der Waals surface area contributed by atoms with Crippen molar-refractivity contribution in [2.75, 3.05) is 0 Å². The van der Waals surface area contributed by atoms with Gasteiger partial charge in [-0.15, -0.1) is 0 Å². The largest absolute Gasteiger partial charge is 0.273 e. The molecule has 0 saturated carbocycles. The molecule has 3 nitrogen and oxygen atoms in total. The van der Waals surface area contributed by atoms with Gasteiger partial charge in [0, 0.05) is 6.42 Å². The maximum atomic E-state index is 11.6. The molecule has 116 valence electrons. The Balaban J connectivity index is 2.38. The minimum atomic E-state index is -0.00587. The molecule has 0 bridgehead atoms. The molecule has 1 aromatic rings. The van der Waals surface area contributed by atoms with Crippen LogP contribution in [0.3, 0.4) is 0 Å². The van der Waals surface area contributed by atoms with Crippen LogP contribution in [0, 0.1) is 0 Å². The summed E-state index contributed by atoms with van der Waals surface area (Å²) in [4.78, 5) is 11.6. The zero-order chi connectivity index (χ0) is 15.7. The molecule has 0 aliphatic rings. The highest BCUT2D eigenvalue weighted by Crippen LogP contribution is 2.21. The predicted molar refractivity (Wildman–Crippen MR) is 89.6 cm³/mol. The van der Waals surface area contributed by atoms with Gasteiger partial charge in [-0.1, -0.05) is 71.2 Å². The molecule has 0 aliphatic heterocycles. The molecule has 0 atom stereocenters. The fraction of sp³-hybridized carbons (Fsp3) is 0.556. The van der Waals surface area contributed by atoms with Crippen LogP contribution in [0.15, 0.2) is 29.4 Å². The quantitative estimate of drug-likeness (QED) is 0.451. The third kappa shape index (κ3) is 7.07. The molecule has 0 unspecified atom stereocenters. The average molecular weight is 288 g/mol. The van der Waals surface area contributed by atoms with Crippen molar-refractivity contribution in [3.8, 4) is 0 Å². The van der Waals surface area contributed by atoms with E-state index in [1.807, 2.05) is 12.1 Å². The fourth-order valence-electron chi connectivity index (χ4n) is 2.02. The summed E-state index contributed by atoms with van der Waals surface area (Å²) >= 11 is 0. The number of hydrazone groups is 1. The summed E-state index contributed by atoms with van der Waals surface area (Å²) in [6.45, 7) is 8.73. The Morgan fingerprint density at radius 3 is 2.38 bits per heavy atom. The molecule has 21 heavy (non-hydrogen) atoms. The number of benzene rings is 1. The average Bonchev–Trinajstić information content (AvgIpc) is 2.43. The lowest BCUT2D eigenvalue weighted by Gasteiger charge is -2.18. The zero-order valence-electron chi connectivity index (χ0n) is 13.8. The van der Waals surface area contributed by atoms with Crippen LogP contribution >= 0.6 is 0 Å². The molecular weight excluding hydrogens is 260 g/mol. The van der Waals surface area contributed by atoms with Gasteiger partial charge in [-0.2, -0.15) is 5.10 Å². The second-order valence-electron chi connectivity index (χ2n) is 6.48. The van der Waals surface area contributed by atoms with E-state index in [9.17, 15) is 4.79 Å². The van der Waals surface area contributed by atoms with Gasteiger partial charge in [0.15, 0.2) is 0 Å². The molecule has 1 amide bonds. The van der Waals surface area contributed by atoms with E-state index >= 15 is 0 Å². The van der Waals surface area contributed by atoms with Gasteiger partial charge in [-0.05, 0) is 23.0 Å². The molecule has 0 spiro atoms. The van der Waals surface area contributed by atoms with Crippen LogP contribution < -0.4 is 5.43 Å². The molecule has 1 N–H and O–H groups in total. The van der Waals surface area contributed by atoms with E-state index in [0.717, 1.165) is 18.4 Å². The highest BCUT2D eigenvalue weighted by molar-refractivity contribution is 5.82. The van der Waals surface area contributed by atoms with Crippen LogP contribution in [0.4, 0.5) is 0 Å². The second-order valence-corrected chi connectivity index (χ2v) is 6.48. The summed E-state index contributed by atoms with van der Waals surface area (Å²) < 4.78 is 0. The van der Waals surface area contributed by atoms with Gasteiger partial charge in [0.25, 0.3) is 0 Å². The Kier molecular flexibility index (Phi) is 7.13. The first kappa shape index (κ1) is 17.4. The number of rotatable bonds is 7. The highest BCUT2D eigenvalue weighted by atomic mass is 16.2. The Morgan fingerprint density at radius 1 is 1.14 bits per heavy atom. The second kappa shape index (κ2) is 8.60. The van der Waals surface area contributed by atoms with Crippen molar-refractivity contribution in [1.29, 1.82) is 0 Å². The number of nitrogens with zero attached hydrogens (tertiary/aromatic N) is 1. The first-order valence-corrected chi connectivity index (χ1v) is 7.86. The van der Waals surface area contributed by atoms with E-state index in [2.05, 4.69) is 50.4 Å². The van der Waals surface area contributed by atoms with Crippen molar-refractivity contribution < 1.29 is 4.79 Å². The van der Waals surface area contributed by atoms with Crippen LogP contribution in [-0.4, -0.2) is 12.1 Å². The monoisotopic (exact) mass is 288 g/mol. The van der Waals surface area contributed by atoms with Crippen molar-refractivity contribution in [3.05, 3.63) is 35.4 Å². The SMILES string of the molecule is CCCCCCC(=O)NN=Cc1ccc(C(C)(C)C)cc1. The number of nitrogens with one attached hydrogen (secondary N) is 1. The van der Waals surface area contributed by atoms with Gasteiger partial charge < -0.3 is 0 Å². The van der Waals surface area contributed by atoms with Crippen LogP contribution in [0.5, 0.6) is 0 Å². The van der Waals surface area contributed by atoms with Crippen LogP contribution in [0.1, 0.15) is 70.9 Å². The summed E-state index contributed by atoms with van der Waals surface area (Å²) in [6.07, 6.45) is 6.68. The summed E-state index contributed by atoms with van der Waals surface area (Å²) in [5.41, 5.74) is 5.02. The number of unbranched alkanes of at least 4 members (excludes halogenated alkanes) is 3. The summed E-state index contributed by atoms with van der Waals surface area (Å²) in [6, 6.07) is 8.26. The lowest BCUT2D eigenvalue weighted by atomic mass is 9.87. The standard InChI is InChI=1S/C18H28N2O/c1-5-6-7-8-9-17(21)20-19-14-15-10-12-16(13-11-15)18(2,3)4/h10-14H,5-9H2,1-4H3,(H,20,21). The number of carbonyl (C=O) groups is 1. The van der Waals surface area contributed by atoms with E-state index in [0.29, 0.717) is 6.42 Å². The van der Waals surface area contributed by atoms with Crippen molar-refractivity contribution in [1.82, 2.24) is 5.43 Å². The Bertz CT molecular complexity index is 455. The number of hydrogen-bond donors (Lipinski definition) is 1. The molecular formula is C18H28N2O. The molecule has 0 saturated heterocycles. The third-order valence-electron chi connectivity index (χ3n) is 3.44. The highest BCUT2D eigenvalue weighted by Gasteiger charge is 2.12. The van der Waals surface area contributed by atoms with Gasteiger partial charge in [-0.3, -0.25) is 4.79 Å². The Hall–Kier alpha value is -1.64. The van der Waals surface area contributed by atoms with Gasteiger partial charge >= 0.3 is 0 Å². The normalized spacial score (nSPS) is 11.8. The molecule has 0 aromatic heterocycles. The topological polar surface area (TPSA) is 41.5 Å². The van der Waals surface area contributed by atoms with E-state index in [4.69, 9.17) is 0 Å². The molecule has 3 heteroatoms. The van der Waals surface area contributed by atoms with Crippen LogP contribution in [-0.2, 0) is 10.2 Å². The van der Waals surface area contributed by atoms with Crippen LogP contribution in [0.25, 0.3) is 0 Å². The van der Waals surface area contributed by atoms with Gasteiger partial charge in [0.05, 0.1) is 6.21 Å². The molecule has 0 radical (unpaired) electrons. The van der Waals surface area contributed by atoms with Crippen molar-refractivity contribution in [2.45, 2.75) is 65.2 Å². The Morgan fingerprint density at radius 2 is 1.81 bits per heavy atom. The molecule has 1 rings (SSSR count). The molecule has 1 aromatic carbocycles. The maximum absolute atomic E-state index is 11.6. The Labute approximate surface area is 128 Å². The van der Waals surface area contributed by atoms with Gasteiger partial charge in [-0.25, -0.2) is 5.43 Å². The number of amides is 1. The fourth-order valence-corrected chi connectivity index (χ4v) is 2.02. The van der Waals surface area contributed by atoms with Crippen molar-refractivity contribution >= 4 is 12.1 Å². The van der Waals surface area contributed by atoms with E-state index < -0.39 is 0 Å².